The van der Waals surface area contributed by atoms with Gasteiger partial charge in [-0.15, -0.1) is 12.4 Å². The quantitative estimate of drug-likeness (QED) is 0.0381. The number of rotatable bonds is 10. The number of ketones is 3. The molecule has 0 spiro atoms. The largest absolute Gasteiger partial charge is 0.478 e. The molecule has 0 saturated heterocycles. The van der Waals surface area contributed by atoms with E-state index in [1.807, 2.05) is 124 Å². The van der Waals surface area contributed by atoms with E-state index in [0.29, 0.717) is 92.4 Å². The Bertz CT molecular complexity index is 3780. The standard InChI is InChI=1S/C20H21N5O.C20H22N4O2.C18H16N4O.C2H8N2.CH4.ClH.FH/c1-20(2,3)17(26)14-10-23-19-16(14)25-15(11-24-19)12-5-4-6-13(9-12)18-21-7-8-22-18;1-5-26-18(21)13-8-6-7-12(9-13)15-11-23-19-16(24-15)14(10-22-19)17(25)20(2,3)4;1-18(2,3)16(23)13-9-20-17-15(13)22-14(10-21-17)12-6-4-5-11(7-12)8-19;3-1-2-4;;;/h4-6,9-11H,7-8H2,1-3H3,(H,21,22)(H,23,24);6-11,21H,5H2,1-4H3,(H,22,23);4-7,9-10H,1-3H3,(H,20,21);1-4H2;1H4;2*1H. The summed E-state index contributed by atoms with van der Waals surface area (Å²) in [5, 5.41) is 20.2. The van der Waals surface area contributed by atoms with Crippen molar-refractivity contribution in [3.05, 3.63) is 143 Å². The predicted octanol–water partition coefficient (Wildman–Crippen LogP) is 11.3. The van der Waals surface area contributed by atoms with Gasteiger partial charge in [-0.3, -0.25) is 29.5 Å². The number of halogens is 2. The van der Waals surface area contributed by atoms with Gasteiger partial charge in [0.1, 0.15) is 22.4 Å². The van der Waals surface area contributed by atoms with Crippen LogP contribution in [0, 0.1) is 33.0 Å². The molecule has 0 amide bonds. The van der Waals surface area contributed by atoms with Crippen LogP contribution in [-0.2, 0) is 4.74 Å². The van der Waals surface area contributed by atoms with Crippen LogP contribution in [0.1, 0.15) is 124 Å². The lowest BCUT2D eigenvalue weighted by Crippen LogP contribution is -2.20. The highest BCUT2D eigenvalue weighted by atomic mass is 35.5. The van der Waals surface area contributed by atoms with Crippen molar-refractivity contribution in [2.75, 3.05) is 32.8 Å². The molecule has 6 aromatic heterocycles. The van der Waals surface area contributed by atoms with Crippen molar-refractivity contribution in [1.82, 2.24) is 50.2 Å². The number of nitrogens with two attached hydrogens (primary N) is 2. The average Bonchev–Trinajstić information content (AvgIpc) is 4.49. The maximum absolute atomic E-state index is 12.7. The van der Waals surface area contributed by atoms with Crippen LogP contribution in [0.3, 0.4) is 0 Å². The first-order valence-corrected chi connectivity index (χ1v) is 25.8. The number of Topliss-reactive ketones (excluding diaryl/α,β-unsaturated/α-hetero) is 3. The van der Waals surface area contributed by atoms with Gasteiger partial charge in [-0.2, -0.15) is 5.26 Å². The fraction of sp³-hybridized carbons (Fsp3) is 0.311. The fourth-order valence-corrected chi connectivity index (χ4v) is 8.04. The maximum atomic E-state index is 12.7. The second kappa shape index (κ2) is 28.0. The summed E-state index contributed by atoms with van der Waals surface area (Å²) >= 11 is 0. The smallest absolute Gasteiger partial charge is 0.213 e. The van der Waals surface area contributed by atoms with E-state index >= 15 is 0 Å². The Balaban J connectivity index is 0.000000252. The number of hydrogen-bond acceptors (Lipinski definition) is 16. The molecule has 1 aliphatic heterocycles. The second-order valence-electron chi connectivity index (χ2n) is 21.6. The molecule has 0 saturated carbocycles. The molecule has 0 radical (unpaired) electrons. The van der Waals surface area contributed by atoms with E-state index < -0.39 is 16.2 Å². The number of aromatic nitrogens is 9. The Labute approximate surface area is 483 Å². The van der Waals surface area contributed by atoms with Gasteiger partial charge >= 0.3 is 0 Å². The number of nitriles is 1. The summed E-state index contributed by atoms with van der Waals surface area (Å²) < 4.78 is 5.26. The Morgan fingerprint density at radius 2 is 1.01 bits per heavy atom. The minimum absolute atomic E-state index is 0. The molecular weight excluding hydrogens is 1060 g/mol. The topological polar surface area (TPSA) is 309 Å². The van der Waals surface area contributed by atoms with Gasteiger partial charge in [0.2, 0.25) is 5.90 Å². The van der Waals surface area contributed by atoms with Gasteiger partial charge in [-0.1, -0.05) is 112 Å². The van der Waals surface area contributed by atoms with E-state index in [-0.39, 0.29) is 47.8 Å². The molecule has 430 valence electrons. The van der Waals surface area contributed by atoms with Crippen molar-refractivity contribution in [3.8, 4) is 39.8 Å². The van der Waals surface area contributed by atoms with Crippen molar-refractivity contribution in [3.63, 3.8) is 0 Å². The maximum Gasteiger partial charge on any atom is 0.213 e. The molecule has 0 atom stereocenters. The van der Waals surface area contributed by atoms with Gasteiger partial charge in [-0.25, -0.2) is 29.9 Å². The second-order valence-corrected chi connectivity index (χ2v) is 21.6. The Kier molecular flexibility index (Phi) is 22.4. The molecule has 0 bridgehead atoms. The highest BCUT2D eigenvalue weighted by Crippen LogP contribution is 2.31. The molecule has 19 nitrogen and oxygen atoms in total. The lowest BCUT2D eigenvalue weighted by Gasteiger charge is -2.15. The Hall–Kier alpha value is -8.90. The third-order valence-electron chi connectivity index (χ3n) is 12.2. The summed E-state index contributed by atoms with van der Waals surface area (Å²) in [5.74, 6) is 1.11. The molecule has 9 aromatic rings. The molecule has 0 aliphatic carbocycles. The summed E-state index contributed by atoms with van der Waals surface area (Å²) in [4.78, 5) is 78.7. The minimum Gasteiger partial charge on any atom is -0.478 e. The van der Waals surface area contributed by atoms with Crippen molar-refractivity contribution < 1.29 is 23.8 Å². The lowest BCUT2D eigenvalue weighted by atomic mass is 9.87. The highest BCUT2D eigenvalue weighted by Gasteiger charge is 2.29. The highest BCUT2D eigenvalue weighted by molar-refractivity contribution is 6.10. The zero-order valence-electron chi connectivity index (χ0n) is 47.1. The minimum atomic E-state index is -0.501. The van der Waals surface area contributed by atoms with Gasteiger partial charge in [-0.05, 0) is 37.3 Å². The molecule has 0 unspecified atom stereocenters. The molecule has 82 heavy (non-hydrogen) atoms. The number of carbonyl (C=O) groups is 3. The third kappa shape index (κ3) is 15.5. The average molecular weight is 1130 g/mol. The summed E-state index contributed by atoms with van der Waals surface area (Å²) in [7, 11) is 0. The van der Waals surface area contributed by atoms with Crippen LogP contribution in [0.25, 0.3) is 67.3 Å². The molecule has 1 aliphatic rings. The van der Waals surface area contributed by atoms with Gasteiger partial charge in [0.25, 0.3) is 0 Å². The number of ether oxygens (including phenoxy) is 1. The van der Waals surface area contributed by atoms with Crippen LogP contribution in [-0.4, -0.2) is 107 Å². The number of hydrogen-bond donors (Lipinski definition) is 7. The molecular formula is C61H73ClFN15O4. The molecule has 9 N–H and O–H groups in total. The normalized spacial score (nSPS) is 11.8. The van der Waals surface area contributed by atoms with E-state index in [1.54, 1.807) is 55.4 Å². The summed E-state index contributed by atoms with van der Waals surface area (Å²) in [6, 6.07) is 24.7. The van der Waals surface area contributed by atoms with E-state index in [9.17, 15) is 14.4 Å². The summed E-state index contributed by atoms with van der Waals surface area (Å²) in [5.41, 5.74) is 20.4. The van der Waals surface area contributed by atoms with Gasteiger partial charge in [0, 0.05) is 82.3 Å². The van der Waals surface area contributed by atoms with Crippen LogP contribution in [0.2, 0.25) is 0 Å². The van der Waals surface area contributed by atoms with Crippen molar-refractivity contribution in [2.45, 2.75) is 76.7 Å². The first-order valence-electron chi connectivity index (χ1n) is 25.8. The van der Waals surface area contributed by atoms with Crippen molar-refractivity contribution >= 4 is 75.0 Å². The van der Waals surface area contributed by atoms with Crippen LogP contribution in [0.5, 0.6) is 0 Å². The molecule has 10 rings (SSSR count). The number of H-pyrrole nitrogens is 3. The first kappa shape index (κ1) is 65.6. The number of aliphatic imine (C=N–C) groups is 1. The Morgan fingerprint density at radius 3 is 1.39 bits per heavy atom. The zero-order valence-corrected chi connectivity index (χ0v) is 47.9. The van der Waals surface area contributed by atoms with Crippen molar-refractivity contribution in [1.29, 1.82) is 10.7 Å². The summed E-state index contributed by atoms with van der Waals surface area (Å²) in [6.45, 7) is 22.1. The predicted molar refractivity (Wildman–Crippen MR) is 326 cm³/mol. The van der Waals surface area contributed by atoms with Crippen molar-refractivity contribution in [2.24, 2.45) is 32.7 Å². The molecule has 7 heterocycles. The van der Waals surface area contributed by atoms with Crippen LogP contribution >= 0.6 is 12.4 Å². The monoisotopic (exact) mass is 1130 g/mol. The number of aromatic amines is 3. The van der Waals surface area contributed by atoms with Crippen LogP contribution in [0.4, 0.5) is 4.70 Å². The van der Waals surface area contributed by atoms with Gasteiger partial charge < -0.3 is 36.5 Å². The number of carbonyl (C=O) groups excluding carboxylic acids is 3. The Morgan fingerprint density at radius 1 is 0.622 bits per heavy atom. The fourth-order valence-electron chi connectivity index (χ4n) is 8.04. The molecule has 21 heteroatoms. The van der Waals surface area contributed by atoms with E-state index in [1.165, 1.54) is 0 Å². The van der Waals surface area contributed by atoms with E-state index in [2.05, 4.69) is 56.3 Å². The van der Waals surface area contributed by atoms with E-state index in [0.717, 1.165) is 46.9 Å². The zero-order chi connectivity index (χ0) is 57.2. The summed E-state index contributed by atoms with van der Waals surface area (Å²) in [6.07, 6.45) is 10.1. The van der Waals surface area contributed by atoms with Gasteiger partial charge in [0.15, 0.2) is 34.3 Å². The third-order valence-corrected chi connectivity index (χ3v) is 12.2. The molecule has 3 aromatic carbocycles. The van der Waals surface area contributed by atoms with Crippen LogP contribution in [0.15, 0.2) is 115 Å². The molecule has 0 fully saturated rings. The lowest BCUT2D eigenvalue weighted by molar-refractivity contribution is 0.0854. The number of nitrogens with one attached hydrogen (secondary N) is 5. The van der Waals surface area contributed by atoms with Crippen LogP contribution < -0.4 is 16.8 Å². The number of fused-ring (bicyclic) bond motifs is 3. The van der Waals surface area contributed by atoms with Gasteiger partial charge in [0.05, 0.1) is 77.1 Å². The first-order chi connectivity index (χ1) is 37.6. The number of amidine groups is 1. The SMILES string of the molecule is C.CC(C)(C)C(=O)c1c[nH]c2ncc(-c3cccc(C#N)c3)nc12.CC(C)(C)C(=O)c1c[nH]c2ncc(-c3cccc(C4=NCCN4)c3)nc12.CCOC(=N)c1cccc(-c2cnc3[nH]cc(C(=O)C(C)(C)C)c3n2)c1.Cl.F.NCCN. The van der Waals surface area contributed by atoms with E-state index in [4.69, 9.17) is 31.9 Å². The number of benzene rings is 3. The number of nitrogens with zero attached hydrogens (tertiary/aromatic N) is 8.